The number of aryl methyl sites for hydroxylation is 2. The van der Waals surface area contributed by atoms with Crippen molar-refractivity contribution >= 4 is 17.6 Å². The summed E-state index contributed by atoms with van der Waals surface area (Å²) in [6.07, 6.45) is 2.57. The van der Waals surface area contributed by atoms with Crippen LogP contribution in [0.3, 0.4) is 0 Å². The first-order chi connectivity index (χ1) is 12.0. The second kappa shape index (κ2) is 8.14. The summed E-state index contributed by atoms with van der Waals surface area (Å²) < 4.78 is 0.746. The lowest BCUT2D eigenvalue weighted by molar-refractivity contribution is -0.120. The Balaban J connectivity index is 2.11. The van der Waals surface area contributed by atoms with Gasteiger partial charge in [-0.25, -0.2) is 4.79 Å². The maximum absolute atomic E-state index is 12.2. The van der Waals surface area contributed by atoms with Crippen LogP contribution in [0.1, 0.15) is 35.3 Å². The summed E-state index contributed by atoms with van der Waals surface area (Å²) in [7, 11) is 0. The first kappa shape index (κ1) is 18.3. The van der Waals surface area contributed by atoms with Gasteiger partial charge in [-0.3, -0.25) is 9.59 Å². The number of hydrogen-bond donors (Lipinski definition) is 2. The molecule has 0 radical (unpaired) electrons. The first-order valence-electron chi connectivity index (χ1n) is 7.96. The summed E-state index contributed by atoms with van der Waals surface area (Å²) in [6.45, 7) is 3.58. The third-order valence-electron chi connectivity index (χ3n) is 3.72. The van der Waals surface area contributed by atoms with E-state index < -0.39 is 24.0 Å². The molecule has 1 heterocycles. The molecule has 0 saturated carbocycles. The van der Waals surface area contributed by atoms with E-state index in [1.165, 1.54) is 6.07 Å². The molecule has 0 spiro atoms. The number of pyridine rings is 1. The monoisotopic (exact) mass is 344 g/mol. The third kappa shape index (κ3) is 4.47. The summed E-state index contributed by atoms with van der Waals surface area (Å²) in [5.74, 6) is -1.62. The number of benzene rings is 1. The number of rotatable bonds is 7. The van der Waals surface area contributed by atoms with Gasteiger partial charge >= 0.3 is 5.97 Å². The molecule has 2 N–H and O–H groups in total. The molecule has 7 nitrogen and oxygen atoms in total. The fourth-order valence-corrected chi connectivity index (χ4v) is 2.40. The van der Waals surface area contributed by atoms with Crippen molar-refractivity contribution in [3.63, 3.8) is 0 Å². The SMILES string of the molecule is CCc1cccc(CC)c1NC(=O)COn1cc(C(=O)O)ccc1=O. The highest BCUT2D eigenvalue weighted by atomic mass is 16.7. The molecular weight excluding hydrogens is 324 g/mol. The molecular formula is C18H20N2O5. The van der Waals surface area contributed by atoms with E-state index in [-0.39, 0.29) is 5.56 Å². The summed E-state index contributed by atoms with van der Waals surface area (Å²) in [4.78, 5) is 39.9. The van der Waals surface area contributed by atoms with Crippen molar-refractivity contribution < 1.29 is 19.5 Å². The highest BCUT2D eigenvalue weighted by Crippen LogP contribution is 2.22. The van der Waals surface area contributed by atoms with E-state index in [1.54, 1.807) is 0 Å². The number of para-hydroxylation sites is 1. The Morgan fingerprint density at radius 2 is 1.76 bits per heavy atom. The van der Waals surface area contributed by atoms with Gasteiger partial charge in [0.25, 0.3) is 11.5 Å². The number of carboxylic acids is 1. The van der Waals surface area contributed by atoms with Crippen LogP contribution in [0.25, 0.3) is 0 Å². The van der Waals surface area contributed by atoms with E-state index in [1.807, 2.05) is 32.0 Å². The van der Waals surface area contributed by atoms with Gasteiger partial charge in [0.05, 0.1) is 11.8 Å². The second-order valence-corrected chi connectivity index (χ2v) is 5.37. The number of nitrogens with zero attached hydrogens (tertiary/aromatic N) is 1. The lowest BCUT2D eigenvalue weighted by atomic mass is 10.0. The zero-order valence-corrected chi connectivity index (χ0v) is 14.1. The summed E-state index contributed by atoms with van der Waals surface area (Å²) >= 11 is 0. The van der Waals surface area contributed by atoms with E-state index in [4.69, 9.17) is 9.94 Å². The zero-order chi connectivity index (χ0) is 18.4. The van der Waals surface area contributed by atoms with Gasteiger partial charge in [-0.2, -0.15) is 4.73 Å². The smallest absolute Gasteiger partial charge is 0.337 e. The lowest BCUT2D eigenvalue weighted by Crippen LogP contribution is -2.32. The number of carbonyl (C=O) groups is 2. The molecule has 1 amide bonds. The van der Waals surface area contributed by atoms with Crippen LogP contribution in [0.15, 0.2) is 41.3 Å². The highest BCUT2D eigenvalue weighted by molar-refractivity contribution is 5.93. The van der Waals surface area contributed by atoms with E-state index in [0.717, 1.165) is 46.6 Å². The van der Waals surface area contributed by atoms with E-state index in [9.17, 15) is 14.4 Å². The molecule has 25 heavy (non-hydrogen) atoms. The van der Waals surface area contributed by atoms with Crippen molar-refractivity contribution in [3.8, 4) is 0 Å². The molecule has 132 valence electrons. The van der Waals surface area contributed by atoms with Crippen molar-refractivity contribution in [2.24, 2.45) is 0 Å². The molecule has 2 rings (SSSR count). The van der Waals surface area contributed by atoms with Crippen molar-refractivity contribution in [2.75, 3.05) is 11.9 Å². The van der Waals surface area contributed by atoms with Gasteiger partial charge in [0.2, 0.25) is 0 Å². The Kier molecular flexibility index (Phi) is 5.94. The van der Waals surface area contributed by atoms with Gasteiger partial charge in [-0.15, -0.1) is 0 Å². The fraction of sp³-hybridized carbons (Fsp3) is 0.278. The van der Waals surface area contributed by atoms with Crippen LogP contribution in [0.5, 0.6) is 0 Å². The zero-order valence-electron chi connectivity index (χ0n) is 14.1. The van der Waals surface area contributed by atoms with Crippen molar-refractivity contribution in [1.82, 2.24) is 4.73 Å². The fourth-order valence-electron chi connectivity index (χ4n) is 2.40. The Morgan fingerprint density at radius 3 is 2.32 bits per heavy atom. The normalized spacial score (nSPS) is 10.3. The van der Waals surface area contributed by atoms with Crippen molar-refractivity contribution in [3.05, 3.63) is 63.6 Å². The van der Waals surface area contributed by atoms with Crippen LogP contribution in [0, 0.1) is 0 Å². The summed E-state index contributed by atoms with van der Waals surface area (Å²) in [6, 6.07) is 8.08. The molecule has 0 unspecified atom stereocenters. The largest absolute Gasteiger partial charge is 0.478 e. The van der Waals surface area contributed by atoms with Crippen LogP contribution >= 0.6 is 0 Å². The minimum Gasteiger partial charge on any atom is -0.478 e. The third-order valence-corrected chi connectivity index (χ3v) is 3.72. The number of aromatic carboxylic acids is 1. The molecule has 7 heteroatoms. The Hall–Kier alpha value is -3.09. The number of anilines is 1. The van der Waals surface area contributed by atoms with Crippen molar-refractivity contribution in [1.29, 1.82) is 0 Å². The second-order valence-electron chi connectivity index (χ2n) is 5.37. The van der Waals surface area contributed by atoms with Gasteiger partial charge in [-0.05, 0) is 30.0 Å². The van der Waals surface area contributed by atoms with Gasteiger partial charge in [0.15, 0.2) is 6.61 Å². The van der Waals surface area contributed by atoms with E-state index in [2.05, 4.69) is 5.32 Å². The number of carbonyl (C=O) groups excluding carboxylic acids is 1. The number of nitrogens with one attached hydrogen (secondary N) is 1. The van der Waals surface area contributed by atoms with Crippen LogP contribution < -0.4 is 15.7 Å². The van der Waals surface area contributed by atoms with E-state index >= 15 is 0 Å². The Labute approximate surface area is 144 Å². The maximum Gasteiger partial charge on any atom is 0.337 e. The van der Waals surface area contributed by atoms with Crippen LogP contribution in [-0.2, 0) is 17.6 Å². The van der Waals surface area contributed by atoms with Gasteiger partial charge in [-0.1, -0.05) is 32.0 Å². The van der Waals surface area contributed by atoms with Gasteiger partial charge < -0.3 is 15.3 Å². The van der Waals surface area contributed by atoms with Crippen molar-refractivity contribution in [2.45, 2.75) is 26.7 Å². The van der Waals surface area contributed by atoms with Gasteiger partial charge in [0, 0.05) is 11.8 Å². The molecule has 1 aromatic heterocycles. The highest BCUT2D eigenvalue weighted by Gasteiger charge is 2.12. The molecule has 1 aromatic carbocycles. The average Bonchev–Trinajstić information content (AvgIpc) is 2.60. The number of carboxylic acid groups (broad SMARTS) is 1. The molecule has 0 aliphatic carbocycles. The van der Waals surface area contributed by atoms with Gasteiger partial charge in [0.1, 0.15) is 0 Å². The maximum atomic E-state index is 12.2. The molecule has 0 atom stereocenters. The summed E-state index contributed by atoms with van der Waals surface area (Å²) in [5.41, 5.74) is 2.12. The number of hydrogen-bond acceptors (Lipinski definition) is 4. The quantitative estimate of drug-likeness (QED) is 0.797. The molecule has 2 aromatic rings. The van der Waals surface area contributed by atoms with Crippen LogP contribution in [0.4, 0.5) is 5.69 Å². The minimum atomic E-state index is -1.19. The van der Waals surface area contributed by atoms with Crippen LogP contribution in [-0.4, -0.2) is 28.3 Å². The van der Waals surface area contributed by atoms with E-state index in [0.29, 0.717) is 0 Å². The average molecular weight is 344 g/mol. The first-order valence-corrected chi connectivity index (χ1v) is 7.96. The number of amides is 1. The predicted octanol–water partition coefficient (Wildman–Crippen LogP) is 1.74. The Morgan fingerprint density at radius 1 is 1.12 bits per heavy atom. The molecule has 0 saturated heterocycles. The lowest BCUT2D eigenvalue weighted by Gasteiger charge is -2.15. The number of aromatic nitrogens is 1. The summed E-state index contributed by atoms with van der Waals surface area (Å²) in [5, 5.41) is 11.7. The Bertz CT molecular complexity index is 819. The topological polar surface area (TPSA) is 97.6 Å². The predicted molar refractivity (Wildman–Crippen MR) is 92.9 cm³/mol. The molecule has 0 bridgehead atoms. The molecule has 0 fully saturated rings. The van der Waals surface area contributed by atoms with Crippen LogP contribution in [0.2, 0.25) is 0 Å². The molecule has 0 aliphatic rings. The molecule has 0 aliphatic heterocycles. The minimum absolute atomic E-state index is 0.107. The standard InChI is InChI=1S/C18H20N2O5/c1-3-12-6-5-7-13(4-2)17(12)19-15(21)11-25-20-10-14(18(23)24)8-9-16(20)22/h5-10H,3-4,11H2,1-2H3,(H,19,21)(H,23,24).